The molecule has 118 valence electrons. The quantitative estimate of drug-likeness (QED) is 0.753. The molecule has 2 N–H and O–H groups in total. The maximum atomic E-state index is 9.60. The van der Waals surface area contributed by atoms with Crippen molar-refractivity contribution in [2.45, 2.75) is 83.3 Å². The Balaban J connectivity index is 1.73. The summed E-state index contributed by atoms with van der Waals surface area (Å²) >= 11 is 0. The number of aliphatic hydroxyl groups excluding tert-OH is 1. The van der Waals surface area contributed by atoms with E-state index in [1.165, 1.54) is 44.9 Å². The van der Waals surface area contributed by atoms with Crippen LogP contribution in [0.4, 0.5) is 0 Å². The van der Waals surface area contributed by atoms with Crippen molar-refractivity contribution in [3.8, 4) is 0 Å². The van der Waals surface area contributed by atoms with Crippen LogP contribution in [0.1, 0.15) is 71.6 Å². The Bertz CT molecular complexity index is 274. The first kappa shape index (κ1) is 16.3. The molecule has 0 aromatic carbocycles. The van der Waals surface area contributed by atoms with Crippen LogP contribution in [0.2, 0.25) is 0 Å². The first-order valence-electron chi connectivity index (χ1n) is 8.67. The Labute approximate surface area is 124 Å². The minimum atomic E-state index is 0.0567. The Morgan fingerprint density at radius 3 is 2.45 bits per heavy atom. The van der Waals surface area contributed by atoms with Crippen molar-refractivity contribution in [3.63, 3.8) is 0 Å². The summed E-state index contributed by atoms with van der Waals surface area (Å²) in [5.41, 5.74) is 0.287. The van der Waals surface area contributed by atoms with Crippen molar-refractivity contribution >= 4 is 0 Å². The summed E-state index contributed by atoms with van der Waals surface area (Å²) in [5, 5.41) is 13.2. The minimum absolute atomic E-state index is 0.0567. The van der Waals surface area contributed by atoms with Gasteiger partial charge in [0.15, 0.2) is 0 Å². The Morgan fingerprint density at radius 2 is 1.85 bits per heavy atom. The van der Waals surface area contributed by atoms with E-state index in [2.05, 4.69) is 19.2 Å². The van der Waals surface area contributed by atoms with Gasteiger partial charge in [-0.25, -0.2) is 0 Å². The Kier molecular flexibility index (Phi) is 5.88. The van der Waals surface area contributed by atoms with Gasteiger partial charge in [0.25, 0.3) is 0 Å². The van der Waals surface area contributed by atoms with E-state index in [0.29, 0.717) is 6.10 Å². The summed E-state index contributed by atoms with van der Waals surface area (Å²) in [6, 6.07) is 0. The van der Waals surface area contributed by atoms with Crippen LogP contribution >= 0.6 is 0 Å². The second kappa shape index (κ2) is 7.24. The van der Waals surface area contributed by atoms with Gasteiger partial charge in [0.2, 0.25) is 0 Å². The first-order chi connectivity index (χ1) is 9.67. The van der Waals surface area contributed by atoms with Crippen LogP contribution in [0.5, 0.6) is 0 Å². The van der Waals surface area contributed by atoms with E-state index >= 15 is 0 Å². The van der Waals surface area contributed by atoms with Crippen molar-refractivity contribution in [1.29, 1.82) is 0 Å². The molecule has 1 aliphatic heterocycles. The Hall–Kier alpha value is -0.120. The van der Waals surface area contributed by atoms with Gasteiger partial charge in [0.1, 0.15) is 0 Å². The lowest BCUT2D eigenvalue weighted by atomic mass is 9.83. The van der Waals surface area contributed by atoms with Gasteiger partial charge in [-0.15, -0.1) is 0 Å². The maximum absolute atomic E-state index is 9.60. The van der Waals surface area contributed by atoms with Crippen molar-refractivity contribution < 1.29 is 9.84 Å². The molecule has 2 rings (SSSR count). The molecule has 1 heterocycles. The highest BCUT2D eigenvalue weighted by Crippen LogP contribution is 2.41. The standard InChI is InChI=1S/C17H33NO2/c1-3-16(4-2,14-19)13-18-12-15-8-11-17(20-15)9-6-5-7-10-17/h15,18-19H,3-14H2,1-2H3. The van der Waals surface area contributed by atoms with Gasteiger partial charge in [-0.3, -0.25) is 0 Å². The predicted octanol–water partition coefficient (Wildman–Crippen LogP) is 3.26. The zero-order chi connectivity index (χ0) is 14.5. The highest BCUT2D eigenvalue weighted by Gasteiger charge is 2.40. The molecule has 1 aliphatic carbocycles. The summed E-state index contributed by atoms with van der Waals surface area (Å²) in [7, 11) is 0. The van der Waals surface area contributed by atoms with Crippen LogP contribution in [-0.2, 0) is 4.74 Å². The molecule has 3 nitrogen and oxygen atoms in total. The predicted molar refractivity (Wildman–Crippen MR) is 82.9 cm³/mol. The molecule has 1 spiro atoms. The van der Waals surface area contributed by atoms with Crippen LogP contribution in [0.3, 0.4) is 0 Å². The SMILES string of the molecule is CCC(CC)(CO)CNCC1CCC2(CCCCC2)O1. The lowest BCUT2D eigenvalue weighted by Crippen LogP contribution is -2.40. The van der Waals surface area contributed by atoms with Crippen LogP contribution in [0.25, 0.3) is 0 Å². The van der Waals surface area contributed by atoms with Gasteiger partial charge in [0, 0.05) is 25.1 Å². The molecule has 2 fully saturated rings. The molecular weight excluding hydrogens is 250 g/mol. The van der Waals surface area contributed by atoms with Crippen LogP contribution in [0.15, 0.2) is 0 Å². The largest absolute Gasteiger partial charge is 0.396 e. The molecule has 0 aromatic heterocycles. The van der Waals surface area contributed by atoms with Crippen LogP contribution in [0, 0.1) is 5.41 Å². The molecule has 1 saturated heterocycles. The smallest absolute Gasteiger partial charge is 0.0708 e. The van der Waals surface area contributed by atoms with E-state index in [1.54, 1.807) is 0 Å². The van der Waals surface area contributed by atoms with E-state index in [4.69, 9.17) is 4.74 Å². The molecule has 1 saturated carbocycles. The van der Waals surface area contributed by atoms with Crippen molar-refractivity contribution in [2.24, 2.45) is 5.41 Å². The Morgan fingerprint density at radius 1 is 1.15 bits per heavy atom. The van der Waals surface area contributed by atoms with Gasteiger partial charge < -0.3 is 15.2 Å². The molecular formula is C17H33NO2. The molecule has 0 aromatic rings. The van der Waals surface area contributed by atoms with E-state index in [1.807, 2.05) is 0 Å². The van der Waals surface area contributed by atoms with Crippen molar-refractivity contribution in [3.05, 3.63) is 0 Å². The zero-order valence-electron chi connectivity index (χ0n) is 13.4. The fourth-order valence-electron chi connectivity index (χ4n) is 3.88. The first-order valence-corrected chi connectivity index (χ1v) is 8.67. The molecule has 1 atom stereocenters. The van der Waals surface area contributed by atoms with Gasteiger partial charge >= 0.3 is 0 Å². The van der Waals surface area contributed by atoms with E-state index in [0.717, 1.165) is 25.9 Å². The van der Waals surface area contributed by atoms with Gasteiger partial charge in [-0.05, 0) is 38.5 Å². The molecule has 3 heteroatoms. The van der Waals surface area contributed by atoms with E-state index in [9.17, 15) is 5.11 Å². The fourth-order valence-corrected chi connectivity index (χ4v) is 3.88. The summed E-state index contributed by atoms with van der Waals surface area (Å²) in [5.74, 6) is 0. The number of nitrogens with one attached hydrogen (secondary N) is 1. The molecule has 1 unspecified atom stereocenters. The molecule has 0 bridgehead atoms. The number of rotatable bonds is 7. The maximum Gasteiger partial charge on any atom is 0.0708 e. The highest BCUT2D eigenvalue weighted by atomic mass is 16.5. The second-order valence-corrected chi connectivity index (χ2v) is 7.02. The molecule has 2 aliphatic rings. The lowest BCUT2D eigenvalue weighted by Gasteiger charge is -2.34. The van der Waals surface area contributed by atoms with Crippen LogP contribution < -0.4 is 5.32 Å². The van der Waals surface area contributed by atoms with E-state index in [-0.39, 0.29) is 17.6 Å². The monoisotopic (exact) mass is 283 g/mol. The van der Waals surface area contributed by atoms with Crippen molar-refractivity contribution in [1.82, 2.24) is 5.32 Å². The summed E-state index contributed by atoms with van der Waals surface area (Å²) in [4.78, 5) is 0. The average molecular weight is 283 g/mol. The highest BCUT2D eigenvalue weighted by molar-refractivity contribution is 4.92. The summed E-state index contributed by atoms with van der Waals surface area (Å²) in [6.45, 7) is 6.48. The average Bonchev–Trinajstić information content (AvgIpc) is 2.88. The van der Waals surface area contributed by atoms with Gasteiger partial charge in [0.05, 0.1) is 11.7 Å². The fraction of sp³-hybridized carbons (Fsp3) is 1.00. The molecule has 0 amide bonds. The minimum Gasteiger partial charge on any atom is -0.396 e. The van der Waals surface area contributed by atoms with Gasteiger partial charge in [-0.2, -0.15) is 0 Å². The van der Waals surface area contributed by atoms with Crippen molar-refractivity contribution in [2.75, 3.05) is 19.7 Å². The lowest BCUT2D eigenvalue weighted by molar-refractivity contribution is -0.0631. The topological polar surface area (TPSA) is 41.5 Å². The zero-order valence-corrected chi connectivity index (χ0v) is 13.4. The summed E-state index contributed by atoms with van der Waals surface area (Å²) in [6.07, 6.45) is 11.5. The number of ether oxygens (including phenoxy) is 1. The second-order valence-electron chi connectivity index (χ2n) is 7.02. The number of hydrogen-bond donors (Lipinski definition) is 2. The van der Waals surface area contributed by atoms with E-state index < -0.39 is 0 Å². The molecule has 0 radical (unpaired) electrons. The van der Waals surface area contributed by atoms with Crippen LogP contribution in [-0.4, -0.2) is 36.5 Å². The third-order valence-electron chi connectivity index (χ3n) is 5.81. The number of aliphatic hydroxyl groups is 1. The summed E-state index contributed by atoms with van der Waals surface area (Å²) < 4.78 is 6.38. The normalized spacial score (nSPS) is 26.2. The third kappa shape index (κ3) is 3.75. The molecule has 20 heavy (non-hydrogen) atoms. The van der Waals surface area contributed by atoms with Gasteiger partial charge in [-0.1, -0.05) is 33.1 Å². The third-order valence-corrected chi connectivity index (χ3v) is 5.81. The number of hydrogen-bond acceptors (Lipinski definition) is 3.